The van der Waals surface area contributed by atoms with Crippen molar-refractivity contribution in [3.05, 3.63) is 36.5 Å². The number of benzene rings is 1. The molecule has 20 heavy (non-hydrogen) atoms. The normalized spacial score (nSPS) is 21.0. The predicted octanol–water partition coefficient (Wildman–Crippen LogP) is 2.63. The van der Waals surface area contributed by atoms with Gasteiger partial charge < -0.3 is 9.31 Å². The van der Waals surface area contributed by atoms with Crippen molar-refractivity contribution in [3.63, 3.8) is 0 Å². The van der Waals surface area contributed by atoms with Gasteiger partial charge in [0.05, 0.1) is 11.2 Å². The van der Waals surface area contributed by atoms with Crippen LogP contribution >= 0.6 is 0 Å². The van der Waals surface area contributed by atoms with Gasteiger partial charge in [0.2, 0.25) is 0 Å². The zero-order valence-electron chi connectivity index (χ0n) is 13.5. The van der Waals surface area contributed by atoms with Crippen LogP contribution in [-0.2, 0) is 9.31 Å². The lowest BCUT2D eigenvalue weighted by molar-refractivity contribution is 0.00578. The van der Waals surface area contributed by atoms with Gasteiger partial charge in [0, 0.05) is 0 Å². The fraction of sp³-hybridized carbons (Fsp3) is 0.500. The molecule has 0 radical (unpaired) electrons. The smallest absolute Gasteiger partial charge is 0.399 e. The molecule has 0 spiro atoms. The van der Waals surface area contributed by atoms with E-state index in [1.54, 1.807) is 0 Å². The summed E-state index contributed by atoms with van der Waals surface area (Å²) in [6.45, 7) is 17.0. The highest BCUT2D eigenvalue weighted by Gasteiger charge is 2.52. The lowest BCUT2D eigenvalue weighted by Crippen LogP contribution is -2.54. The molecule has 1 aliphatic heterocycles. The first-order chi connectivity index (χ1) is 9.11. The van der Waals surface area contributed by atoms with Gasteiger partial charge >= 0.3 is 7.12 Å². The monoisotopic (exact) mass is 288 g/mol. The van der Waals surface area contributed by atoms with Crippen LogP contribution in [-0.4, -0.2) is 26.4 Å². The van der Waals surface area contributed by atoms with Crippen molar-refractivity contribution in [1.82, 2.24) is 0 Å². The molecular formula is C16H25BO2Si. The Bertz CT molecular complexity index is 507. The van der Waals surface area contributed by atoms with Crippen molar-refractivity contribution in [2.24, 2.45) is 0 Å². The minimum Gasteiger partial charge on any atom is -0.399 e. The Morgan fingerprint density at radius 1 is 1.05 bits per heavy atom. The highest BCUT2D eigenvalue weighted by atomic mass is 28.3. The Balaban J connectivity index is 2.44. The minimum atomic E-state index is -1.65. The lowest BCUT2D eigenvalue weighted by atomic mass is 9.79. The standard InChI is InChI=1S/C16H25BO2Si/c1-8-20(6,7)14-12-10-9-11-13(14)17-18-15(2,3)16(4,5)19-17/h8-12H,1H2,2-7H3. The molecule has 2 nitrogen and oxygen atoms in total. The molecule has 0 N–H and O–H groups in total. The summed E-state index contributed by atoms with van der Waals surface area (Å²) in [5.74, 6) is 0. The summed E-state index contributed by atoms with van der Waals surface area (Å²) in [7, 11) is -1.94. The van der Waals surface area contributed by atoms with E-state index >= 15 is 0 Å². The average molecular weight is 288 g/mol. The molecule has 0 atom stereocenters. The number of hydrogen-bond donors (Lipinski definition) is 0. The molecule has 2 rings (SSSR count). The van der Waals surface area contributed by atoms with Crippen molar-refractivity contribution in [1.29, 1.82) is 0 Å². The molecule has 0 unspecified atom stereocenters. The van der Waals surface area contributed by atoms with E-state index in [2.05, 4.69) is 77.3 Å². The van der Waals surface area contributed by atoms with Gasteiger partial charge in [-0.3, -0.25) is 0 Å². The van der Waals surface area contributed by atoms with Crippen LogP contribution in [0.2, 0.25) is 13.1 Å². The first kappa shape index (κ1) is 15.5. The fourth-order valence-electron chi connectivity index (χ4n) is 2.37. The molecule has 1 aromatic carbocycles. The molecule has 1 fully saturated rings. The van der Waals surface area contributed by atoms with Crippen molar-refractivity contribution < 1.29 is 9.31 Å². The van der Waals surface area contributed by atoms with Gasteiger partial charge in [0.1, 0.15) is 8.07 Å². The van der Waals surface area contributed by atoms with E-state index in [-0.39, 0.29) is 18.3 Å². The van der Waals surface area contributed by atoms with Gasteiger partial charge in [-0.15, -0.1) is 6.58 Å². The summed E-state index contributed by atoms with van der Waals surface area (Å²) in [5.41, 5.74) is 2.66. The first-order valence-electron chi connectivity index (χ1n) is 7.19. The second-order valence-electron chi connectivity index (χ2n) is 7.10. The topological polar surface area (TPSA) is 18.5 Å². The molecule has 4 heteroatoms. The molecule has 0 amide bonds. The molecule has 0 aromatic heterocycles. The fourth-order valence-corrected chi connectivity index (χ4v) is 4.06. The van der Waals surface area contributed by atoms with E-state index < -0.39 is 8.07 Å². The summed E-state index contributed by atoms with van der Waals surface area (Å²) < 4.78 is 12.4. The Morgan fingerprint density at radius 2 is 1.55 bits per heavy atom. The van der Waals surface area contributed by atoms with Crippen LogP contribution in [0.4, 0.5) is 0 Å². The SMILES string of the molecule is C=C[Si](C)(C)c1ccccc1B1OC(C)(C)C(C)(C)O1. The molecule has 0 bridgehead atoms. The first-order valence-corrected chi connectivity index (χ1v) is 10.3. The third-order valence-corrected chi connectivity index (χ3v) is 7.54. The van der Waals surface area contributed by atoms with E-state index in [1.807, 2.05) is 0 Å². The summed E-state index contributed by atoms with van der Waals surface area (Å²) in [6.07, 6.45) is 0. The molecule has 1 heterocycles. The van der Waals surface area contributed by atoms with E-state index in [0.717, 1.165) is 5.46 Å². The third-order valence-electron chi connectivity index (χ3n) is 4.67. The third kappa shape index (κ3) is 2.52. The molecular weight excluding hydrogens is 263 g/mol. The maximum Gasteiger partial charge on any atom is 0.494 e. The van der Waals surface area contributed by atoms with Gasteiger partial charge in [-0.1, -0.05) is 48.2 Å². The molecule has 1 aliphatic rings. The van der Waals surface area contributed by atoms with Crippen LogP contribution in [0, 0.1) is 0 Å². The molecule has 1 aromatic rings. The highest BCUT2D eigenvalue weighted by molar-refractivity contribution is 6.97. The van der Waals surface area contributed by atoms with E-state index in [9.17, 15) is 0 Å². The van der Waals surface area contributed by atoms with Crippen LogP contribution in [0.3, 0.4) is 0 Å². The molecule has 1 saturated heterocycles. The quantitative estimate of drug-likeness (QED) is 0.796. The molecule has 108 valence electrons. The summed E-state index contributed by atoms with van der Waals surface area (Å²) in [4.78, 5) is 0. The summed E-state index contributed by atoms with van der Waals surface area (Å²) >= 11 is 0. The summed E-state index contributed by atoms with van der Waals surface area (Å²) in [5, 5.41) is 1.34. The number of rotatable bonds is 3. The Kier molecular flexibility index (Phi) is 3.78. The average Bonchev–Trinajstić information content (AvgIpc) is 2.58. The highest BCUT2D eigenvalue weighted by Crippen LogP contribution is 2.36. The van der Waals surface area contributed by atoms with Crippen molar-refractivity contribution in [2.75, 3.05) is 0 Å². The van der Waals surface area contributed by atoms with Crippen molar-refractivity contribution in [2.45, 2.75) is 52.0 Å². The minimum absolute atomic E-state index is 0.289. The van der Waals surface area contributed by atoms with Crippen LogP contribution in [0.1, 0.15) is 27.7 Å². The maximum absolute atomic E-state index is 6.20. The van der Waals surface area contributed by atoms with Gasteiger partial charge in [-0.05, 0) is 33.2 Å². The van der Waals surface area contributed by atoms with Crippen molar-refractivity contribution in [3.8, 4) is 0 Å². The molecule has 0 saturated carbocycles. The Hall–Kier alpha value is -0.838. The lowest BCUT2D eigenvalue weighted by Gasteiger charge is -2.32. The zero-order valence-corrected chi connectivity index (χ0v) is 14.5. The van der Waals surface area contributed by atoms with Gasteiger partial charge in [-0.25, -0.2) is 0 Å². The van der Waals surface area contributed by atoms with E-state index in [4.69, 9.17) is 9.31 Å². The van der Waals surface area contributed by atoms with Crippen LogP contribution in [0.15, 0.2) is 36.5 Å². The van der Waals surface area contributed by atoms with Gasteiger partial charge in [-0.2, -0.15) is 0 Å². The van der Waals surface area contributed by atoms with E-state index in [0.29, 0.717) is 0 Å². The number of hydrogen-bond acceptors (Lipinski definition) is 2. The van der Waals surface area contributed by atoms with Gasteiger partial charge in [0.25, 0.3) is 0 Å². The predicted molar refractivity (Wildman–Crippen MR) is 89.5 cm³/mol. The molecule has 0 aliphatic carbocycles. The maximum atomic E-state index is 6.20. The van der Waals surface area contributed by atoms with Crippen LogP contribution < -0.4 is 10.6 Å². The second-order valence-corrected chi connectivity index (χ2v) is 11.5. The van der Waals surface area contributed by atoms with E-state index in [1.165, 1.54) is 5.19 Å². The second kappa shape index (κ2) is 4.86. The van der Waals surface area contributed by atoms with Crippen molar-refractivity contribution >= 4 is 25.8 Å². The van der Waals surface area contributed by atoms with Crippen LogP contribution in [0.5, 0.6) is 0 Å². The van der Waals surface area contributed by atoms with Gasteiger partial charge in [0.15, 0.2) is 0 Å². The Morgan fingerprint density at radius 3 is 2.05 bits per heavy atom. The van der Waals surface area contributed by atoms with Crippen LogP contribution in [0.25, 0.3) is 0 Å². The zero-order chi connectivity index (χ0) is 15.2. The largest absolute Gasteiger partial charge is 0.494 e. The summed E-state index contributed by atoms with van der Waals surface area (Å²) in [6, 6.07) is 8.45. The Labute approximate surface area is 124 Å².